The van der Waals surface area contributed by atoms with Crippen molar-refractivity contribution in [3.8, 4) is 0 Å². The van der Waals surface area contributed by atoms with Gasteiger partial charge >= 0.3 is 17.6 Å². The highest BCUT2D eigenvalue weighted by molar-refractivity contribution is 5.99. The van der Waals surface area contributed by atoms with Crippen molar-refractivity contribution in [2.75, 3.05) is 20.3 Å². The summed E-state index contributed by atoms with van der Waals surface area (Å²) in [6.45, 7) is -1.27. The molecule has 0 atom stereocenters. The maximum atomic E-state index is 11.9. The van der Waals surface area contributed by atoms with E-state index in [0.717, 1.165) is 11.8 Å². The van der Waals surface area contributed by atoms with E-state index in [1.54, 1.807) is 0 Å². The van der Waals surface area contributed by atoms with Crippen LogP contribution in [0.15, 0.2) is 5.18 Å². The topological polar surface area (TPSA) is 152 Å². The number of alkyl halides is 2. The third kappa shape index (κ3) is 4.53. The fraction of sp³-hybridized carbons (Fsp3) is 0.500. The van der Waals surface area contributed by atoms with Gasteiger partial charge in [0.2, 0.25) is 11.4 Å². The van der Waals surface area contributed by atoms with E-state index in [1.165, 1.54) is 0 Å². The van der Waals surface area contributed by atoms with Crippen molar-refractivity contribution in [3.63, 3.8) is 0 Å². The number of esters is 1. The lowest BCUT2D eigenvalue weighted by molar-refractivity contribution is -0.753. The number of carbonyl (C=O) groups is 2. The fourth-order valence-corrected chi connectivity index (χ4v) is 1.54. The van der Waals surface area contributed by atoms with E-state index in [0.29, 0.717) is 0 Å². The predicted octanol–water partition coefficient (Wildman–Crippen LogP) is 0.290. The quantitative estimate of drug-likeness (QED) is 0.301. The lowest BCUT2D eigenvalue weighted by Gasteiger charge is -1.99. The second-order valence-electron chi connectivity index (χ2n) is 3.69. The van der Waals surface area contributed by atoms with Crippen LogP contribution in [0.4, 0.5) is 14.5 Å². The molecule has 0 bridgehead atoms. The van der Waals surface area contributed by atoms with Gasteiger partial charge in [0.25, 0.3) is 6.43 Å². The van der Waals surface area contributed by atoms with Gasteiger partial charge in [-0.05, 0) is 5.18 Å². The van der Waals surface area contributed by atoms with Crippen molar-refractivity contribution in [3.05, 3.63) is 16.3 Å². The Morgan fingerprint density at radius 1 is 1.45 bits per heavy atom. The van der Waals surface area contributed by atoms with Crippen LogP contribution in [0.2, 0.25) is 0 Å². The number of carboxylic acids is 1. The summed E-state index contributed by atoms with van der Waals surface area (Å²) in [7, 11) is 1.04. The lowest BCUT2D eigenvalue weighted by atomic mass is 10.3. The molecule has 0 fully saturated rings. The predicted molar refractivity (Wildman–Crippen MR) is 63.5 cm³/mol. The number of aromatic carboxylic acids is 1. The second kappa shape index (κ2) is 8.74. The minimum Gasteiger partial charge on any atom is -0.870 e. The van der Waals surface area contributed by atoms with E-state index >= 15 is 0 Å². The normalized spacial score (nSPS) is 10.2. The van der Waals surface area contributed by atoms with Gasteiger partial charge in [0.1, 0.15) is 13.2 Å². The Morgan fingerprint density at radius 3 is 2.55 bits per heavy atom. The molecule has 3 N–H and O–H groups in total. The van der Waals surface area contributed by atoms with Gasteiger partial charge < -0.3 is 20.1 Å². The Morgan fingerprint density at radius 2 is 2.09 bits per heavy atom. The average Bonchev–Trinajstić information content (AvgIpc) is 2.81. The largest absolute Gasteiger partial charge is 0.870 e. The van der Waals surface area contributed by atoms with Gasteiger partial charge in [-0.3, -0.25) is 0 Å². The molecular weight excluding hydrogens is 312 g/mol. The maximum absolute atomic E-state index is 11.9. The molecule has 0 radical (unpaired) electrons. The molecule has 10 nitrogen and oxygen atoms in total. The molecule has 0 aliphatic rings. The molecular formula is C10H13F2N3O7. The van der Waals surface area contributed by atoms with Crippen LogP contribution >= 0.6 is 0 Å². The molecule has 0 unspecified atom stereocenters. The molecule has 1 rings (SSSR count). The summed E-state index contributed by atoms with van der Waals surface area (Å²) < 4.78 is 33.6. The molecule has 0 saturated heterocycles. The zero-order chi connectivity index (χ0) is 16.0. The Bertz CT molecular complexity index is 547. The van der Waals surface area contributed by atoms with Crippen LogP contribution in [0.5, 0.6) is 0 Å². The number of carboxylic acid groups (broad SMARTS) is 1. The summed E-state index contributed by atoms with van der Waals surface area (Å²) in [6, 6.07) is 0. The van der Waals surface area contributed by atoms with Crippen LogP contribution in [0.1, 0.15) is 21.0 Å². The van der Waals surface area contributed by atoms with Gasteiger partial charge in [0.15, 0.2) is 6.54 Å². The first-order valence-electron chi connectivity index (χ1n) is 5.59. The third-order valence-electron chi connectivity index (χ3n) is 2.36. The van der Waals surface area contributed by atoms with Crippen LogP contribution in [-0.4, -0.2) is 54.4 Å². The molecule has 1 heterocycles. The minimum atomic E-state index is -2.66. The summed E-state index contributed by atoms with van der Waals surface area (Å²) in [4.78, 5) is 33.2. The molecule has 0 amide bonds. The van der Waals surface area contributed by atoms with E-state index in [-0.39, 0.29) is 18.6 Å². The number of aromatic nitrogens is 2. The number of hydrogen-bond acceptors (Lipinski definition) is 7. The summed E-state index contributed by atoms with van der Waals surface area (Å²) >= 11 is 0. The number of rotatable bonds is 8. The van der Waals surface area contributed by atoms with E-state index in [4.69, 9.17) is 5.11 Å². The van der Waals surface area contributed by atoms with Crippen LogP contribution in [0, 0.1) is 4.91 Å². The Kier molecular flexibility index (Phi) is 7.76. The molecule has 0 aromatic carbocycles. The van der Waals surface area contributed by atoms with Gasteiger partial charge in [0.05, 0.1) is 7.11 Å². The number of nitrogens with one attached hydrogen (secondary N) is 1. The number of halogens is 2. The van der Waals surface area contributed by atoms with Crippen molar-refractivity contribution in [2.45, 2.75) is 13.0 Å². The zero-order valence-electron chi connectivity index (χ0n) is 11.3. The van der Waals surface area contributed by atoms with Crippen LogP contribution in [-0.2, 0) is 16.0 Å². The number of methoxy groups -OCH3 is 1. The summed E-state index contributed by atoms with van der Waals surface area (Å²) in [6.07, 6.45) is -2.66. The molecule has 1 aromatic heterocycles. The Balaban J connectivity index is 0.00000441. The molecule has 124 valence electrons. The fourth-order valence-electron chi connectivity index (χ4n) is 1.54. The number of nitrogens with zero attached hydrogens (tertiary/aromatic N) is 2. The molecule has 0 aliphatic carbocycles. The SMILES string of the molecule is COC(=O)c1[nH][n+](CCOCC(F)F)c(C(=O)O)c1N=O.[OH-]. The van der Waals surface area contributed by atoms with E-state index in [1.807, 2.05) is 0 Å². The first-order valence-corrected chi connectivity index (χ1v) is 5.59. The van der Waals surface area contributed by atoms with Crippen molar-refractivity contribution in [1.29, 1.82) is 0 Å². The number of nitroso groups, excluding NO2 is 1. The lowest BCUT2D eigenvalue weighted by Crippen LogP contribution is -2.43. The number of aromatic amines is 1. The standard InChI is InChI=1S/C10H11F2N3O6.H2O/c1-20-10(18)7-6(14-19)8(9(16)17)15(13-7)2-3-21-4-5(11)12;/h5H,2-4H2,1H3,(H,16,17);1H2. The highest BCUT2D eigenvalue weighted by atomic mass is 19.3. The van der Waals surface area contributed by atoms with E-state index in [2.05, 4.69) is 19.7 Å². The van der Waals surface area contributed by atoms with Gasteiger partial charge in [-0.1, -0.05) is 4.68 Å². The smallest absolute Gasteiger partial charge is 0.406 e. The maximum Gasteiger partial charge on any atom is 0.406 e. The first-order chi connectivity index (χ1) is 9.92. The molecule has 12 heteroatoms. The average molecular weight is 325 g/mol. The summed E-state index contributed by atoms with van der Waals surface area (Å²) in [5.74, 6) is -2.51. The second-order valence-corrected chi connectivity index (χ2v) is 3.69. The number of carbonyl (C=O) groups excluding carboxylic acids is 1. The highest BCUT2D eigenvalue weighted by Gasteiger charge is 2.35. The van der Waals surface area contributed by atoms with E-state index in [9.17, 15) is 23.3 Å². The highest BCUT2D eigenvalue weighted by Crippen LogP contribution is 2.21. The van der Waals surface area contributed by atoms with Gasteiger partial charge in [0, 0.05) is 0 Å². The molecule has 0 spiro atoms. The van der Waals surface area contributed by atoms with Crippen molar-refractivity contribution < 1.29 is 43.1 Å². The number of H-pyrrole nitrogens is 1. The van der Waals surface area contributed by atoms with Crippen molar-refractivity contribution in [1.82, 2.24) is 5.10 Å². The minimum absolute atomic E-state index is 0. The van der Waals surface area contributed by atoms with Gasteiger partial charge in [-0.2, -0.15) is 5.10 Å². The molecule has 0 saturated carbocycles. The first kappa shape index (κ1) is 19.5. The van der Waals surface area contributed by atoms with Crippen molar-refractivity contribution in [2.24, 2.45) is 5.18 Å². The summed E-state index contributed by atoms with van der Waals surface area (Å²) in [5, 5.41) is 13.9. The van der Waals surface area contributed by atoms with Crippen molar-refractivity contribution >= 4 is 17.6 Å². The van der Waals surface area contributed by atoms with Crippen LogP contribution in [0.3, 0.4) is 0 Å². The number of ether oxygens (including phenoxy) is 2. The Hall–Kier alpha value is -2.47. The number of hydrogen-bond donors (Lipinski definition) is 2. The van der Waals surface area contributed by atoms with E-state index < -0.39 is 42.0 Å². The molecule has 1 aromatic rings. The summed E-state index contributed by atoms with van der Waals surface area (Å²) in [5.41, 5.74) is -1.67. The van der Waals surface area contributed by atoms with Crippen LogP contribution in [0.25, 0.3) is 0 Å². The van der Waals surface area contributed by atoms with Gasteiger partial charge in [-0.25, -0.2) is 18.4 Å². The third-order valence-corrected chi connectivity index (χ3v) is 2.36. The zero-order valence-corrected chi connectivity index (χ0v) is 11.3. The molecule has 0 aliphatic heterocycles. The van der Waals surface area contributed by atoms with Crippen LogP contribution < -0.4 is 4.68 Å². The molecule has 22 heavy (non-hydrogen) atoms. The Labute approximate surface area is 121 Å². The monoisotopic (exact) mass is 325 g/mol. The van der Waals surface area contributed by atoms with Gasteiger partial charge in [-0.15, -0.1) is 4.91 Å².